The lowest BCUT2D eigenvalue weighted by Crippen LogP contribution is -2.18. The summed E-state index contributed by atoms with van der Waals surface area (Å²) < 4.78 is 0.972. The van der Waals surface area contributed by atoms with Crippen LogP contribution in [-0.2, 0) is 0 Å². The molecule has 0 amide bonds. The molecule has 78 valence electrons. The molecular weight excluding hydrogens is 244 g/mol. The van der Waals surface area contributed by atoms with Gasteiger partial charge in [-0.2, -0.15) is 0 Å². The highest BCUT2D eigenvalue weighted by Crippen LogP contribution is 2.23. The van der Waals surface area contributed by atoms with Crippen LogP contribution in [-0.4, -0.2) is 17.8 Å². The quantitative estimate of drug-likeness (QED) is 0.726. The second-order valence-electron chi connectivity index (χ2n) is 3.17. The van der Waals surface area contributed by atoms with Gasteiger partial charge < -0.3 is 16.2 Å². The van der Waals surface area contributed by atoms with Crippen LogP contribution in [0.1, 0.15) is 13.3 Å². The zero-order chi connectivity index (χ0) is 10.6. The molecule has 0 spiro atoms. The summed E-state index contributed by atoms with van der Waals surface area (Å²) in [4.78, 5) is 0. The lowest BCUT2D eigenvalue weighted by Gasteiger charge is -2.12. The molecule has 1 aromatic rings. The Morgan fingerprint density at radius 3 is 2.93 bits per heavy atom. The van der Waals surface area contributed by atoms with Gasteiger partial charge in [0, 0.05) is 11.0 Å². The van der Waals surface area contributed by atoms with Crippen molar-refractivity contribution >= 4 is 27.3 Å². The van der Waals surface area contributed by atoms with E-state index in [2.05, 4.69) is 21.2 Å². The Labute approximate surface area is 92.4 Å². The van der Waals surface area contributed by atoms with Crippen LogP contribution < -0.4 is 11.1 Å². The number of hydrogen-bond donors (Lipinski definition) is 3. The molecule has 0 aliphatic heterocycles. The van der Waals surface area contributed by atoms with E-state index in [1.54, 1.807) is 0 Å². The van der Waals surface area contributed by atoms with Crippen LogP contribution in [0.25, 0.3) is 0 Å². The Morgan fingerprint density at radius 1 is 1.57 bits per heavy atom. The van der Waals surface area contributed by atoms with E-state index in [0.29, 0.717) is 12.2 Å². The van der Waals surface area contributed by atoms with E-state index in [1.807, 2.05) is 25.1 Å². The number of rotatable bonds is 4. The summed E-state index contributed by atoms with van der Waals surface area (Å²) in [6.07, 6.45) is 0.411. The molecule has 0 aliphatic carbocycles. The van der Waals surface area contributed by atoms with Gasteiger partial charge in [-0.25, -0.2) is 0 Å². The maximum atomic E-state index is 9.36. The van der Waals surface area contributed by atoms with Gasteiger partial charge in [-0.1, -0.05) is 22.9 Å². The zero-order valence-corrected chi connectivity index (χ0v) is 9.71. The van der Waals surface area contributed by atoms with Gasteiger partial charge in [0.25, 0.3) is 0 Å². The lowest BCUT2D eigenvalue weighted by molar-refractivity contribution is 0.183. The Hall–Kier alpha value is -0.740. The number of hydrogen-bond acceptors (Lipinski definition) is 3. The minimum Gasteiger partial charge on any atom is -0.397 e. The third-order valence-corrected chi connectivity index (χ3v) is 2.51. The van der Waals surface area contributed by atoms with Crippen LogP contribution >= 0.6 is 15.9 Å². The van der Waals surface area contributed by atoms with Crippen LogP contribution in [0, 0.1) is 0 Å². The van der Waals surface area contributed by atoms with Gasteiger partial charge >= 0.3 is 0 Å². The summed E-state index contributed by atoms with van der Waals surface area (Å²) in [6, 6.07) is 5.61. The van der Waals surface area contributed by atoms with Crippen LogP contribution in [0.15, 0.2) is 22.7 Å². The Balaban J connectivity index is 2.62. The average Bonchev–Trinajstić information content (AvgIpc) is 2.19. The number of aliphatic hydroxyl groups is 1. The highest BCUT2D eigenvalue weighted by atomic mass is 79.9. The third-order valence-electron chi connectivity index (χ3n) is 2.01. The lowest BCUT2D eigenvalue weighted by atomic mass is 10.2. The maximum absolute atomic E-state index is 9.36. The van der Waals surface area contributed by atoms with Crippen molar-refractivity contribution in [3.05, 3.63) is 22.7 Å². The summed E-state index contributed by atoms with van der Waals surface area (Å²) >= 11 is 3.36. The monoisotopic (exact) mass is 258 g/mol. The summed E-state index contributed by atoms with van der Waals surface area (Å²) in [6.45, 7) is 2.47. The number of anilines is 2. The molecule has 1 aromatic carbocycles. The highest BCUT2D eigenvalue weighted by Gasteiger charge is 2.03. The Kier molecular flexibility index (Phi) is 4.22. The van der Waals surface area contributed by atoms with Crippen molar-refractivity contribution in [1.29, 1.82) is 0 Å². The summed E-state index contributed by atoms with van der Waals surface area (Å²) in [7, 11) is 0. The standard InChI is InChI=1S/C10H15BrN2O/c1-2-8(14)6-13-10-5-7(11)3-4-9(10)12/h3-5,8,13-14H,2,6,12H2,1H3. The van der Waals surface area contributed by atoms with Crippen molar-refractivity contribution in [3.8, 4) is 0 Å². The first-order valence-electron chi connectivity index (χ1n) is 4.60. The molecule has 0 aliphatic rings. The van der Waals surface area contributed by atoms with Crippen molar-refractivity contribution in [2.75, 3.05) is 17.6 Å². The molecule has 4 heteroatoms. The van der Waals surface area contributed by atoms with Crippen LogP contribution in [0.3, 0.4) is 0 Å². The molecule has 0 aromatic heterocycles. The smallest absolute Gasteiger partial charge is 0.0709 e. The fourth-order valence-corrected chi connectivity index (χ4v) is 1.41. The molecule has 14 heavy (non-hydrogen) atoms. The first-order chi connectivity index (χ1) is 6.63. The van der Waals surface area contributed by atoms with E-state index in [4.69, 9.17) is 5.73 Å². The second kappa shape index (κ2) is 5.22. The number of nitrogens with two attached hydrogens (primary N) is 1. The first-order valence-corrected chi connectivity index (χ1v) is 5.39. The molecule has 1 atom stereocenters. The van der Waals surface area contributed by atoms with Crippen molar-refractivity contribution < 1.29 is 5.11 Å². The number of halogens is 1. The molecule has 0 bridgehead atoms. The largest absolute Gasteiger partial charge is 0.397 e. The molecule has 1 rings (SSSR count). The van der Waals surface area contributed by atoms with Gasteiger partial charge in [-0.05, 0) is 24.6 Å². The number of nitrogens with one attached hydrogen (secondary N) is 1. The fourth-order valence-electron chi connectivity index (χ4n) is 1.05. The SMILES string of the molecule is CCC(O)CNc1cc(Br)ccc1N. The molecule has 0 heterocycles. The van der Waals surface area contributed by atoms with Crippen LogP contribution in [0.5, 0.6) is 0 Å². The molecule has 0 saturated carbocycles. The molecule has 1 unspecified atom stereocenters. The van der Waals surface area contributed by atoms with E-state index in [-0.39, 0.29) is 6.10 Å². The van der Waals surface area contributed by atoms with Gasteiger partial charge in [0.05, 0.1) is 17.5 Å². The minimum atomic E-state index is -0.326. The van der Waals surface area contributed by atoms with Crippen LogP contribution in [0.4, 0.5) is 11.4 Å². The minimum absolute atomic E-state index is 0.326. The van der Waals surface area contributed by atoms with Gasteiger partial charge in [0.1, 0.15) is 0 Å². The van der Waals surface area contributed by atoms with E-state index in [9.17, 15) is 5.11 Å². The number of aliphatic hydroxyl groups excluding tert-OH is 1. The van der Waals surface area contributed by atoms with Gasteiger partial charge in [0.15, 0.2) is 0 Å². The van der Waals surface area contributed by atoms with Crippen molar-refractivity contribution in [2.45, 2.75) is 19.4 Å². The van der Waals surface area contributed by atoms with Gasteiger partial charge in [-0.15, -0.1) is 0 Å². The van der Waals surface area contributed by atoms with Crippen molar-refractivity contribution in [2.24, 2.45) is 0 Å². The molecule has 0 radical (unpaired) electrons. The number of benzene rings is 1. The first kappa shape index (κ1) is 11.3. The van der Waals surface area contributed by atoms with Crippen molar-refractivity contribution in [3.63, 3.8) is 0 Å². The molecule has 0 fully saturated rings. The van der Waals surface area contributed by atoms with E-state index in [0.717, 1.165) is 16.6 Å². The molecule has 0 saturated heterocycles. The summed E-state index contributed by atoms with van der Waals surface area (Å²) in [5.74, 6) is 0. The zero-order valence-electron chi connectivity index (χ0n) is 8.13. The predicted octanol–water partition coefficient (Wildman–Crippen LogP) is 2.21. The maximum Gasteiger partial charge on any atom is 0.0709 e. The van der Waals surface area contributed by atoms with E-state index >= 15 is 0 Å². The highest BCUT2D eigenvalue weighted by molar-refractivity contribution is 9.10. The number of nitrogen functional groups attached to an aromatic ring is 1. The topological polar surface area (TPSA) is 58.3 Å². The molecule has 4 N–H and O–H groups in total. The normalized spacial score (nSPS) is 12.5. The molecular formula is C10H15BrN2O. The van der Waals surface area contributed by atoms with E-state index < -0.39 is 0 Å². The molecule has 3 nitrogen and oxygen atoms in total. The van der Waals surface area contributed by atoms with E-state index in [1.165, 1.54) is 0 Å². The van der Waals surface area contributed by atoms with Gasteiger partial charge in [0.2, 0.25) is 0 Å². The van der Waals surface area contributed by atoms with Crippen molar-refractivity contribution in [1.82, 2.24) is 0 Å². The summed E-state index contributed by atoms with van der Waals surface area (Å²) in [5.41, 5.74) is 7.30. The van der Waals surface area contributed by atoms with Gasteiger partial charge in [-0.3, -0.25) is 0 Å². The second-order valence-corrected chi connectivity index (χ2v) is 4.09. The Morgan fingerprint density at radius 2 is 2.29 bits per heavy atom. The average molecular weight is 259 g/mol. The predicted molar refractivity (Wildman–Crippen MR) is 63.3 cm³/mol. The fraction of sp³-hybridized carbons (Fsp3) is 0.400. The summed E-state index contributed by atoms with van der Waals surface area (Å²) in [5, 5.41) is 12.5. The van der Waals surface area contributed by atoms with Crippen LogP contribution in [0.2, 0.25) is 0 Å². The third kappa shape index (κ3) is 3.20. The Bertz CT molecular complexity index is 304.